The van der Waals surface area contributed by atoms with Gasteiger partial charge in [-0.1, -0.05) is 26.7 Å². The van der Waals surface area contributed by atoms with Crippen LogP contribution >= 0.6 is 0 Å². The van der Waals surface area contributed by atoms with Crippen molar-refractivity contribution in [3.8, 4) is 0 Å². The molecule has 3 nitrogen and oxygen atoms in total. The van der Waals surface area contributed by atoms with Crippen molar-refractivity contribution < 1.29 is 9.90 Å². The van der Waals surface area contributed by atoms with E-state index in [9.17, 15) is 9.90 Å². The minimum atomic E-state index is -0.591. The topological polar surface area (TPSA) is 40.5 Å². The van der Waals surface area contributed by atoms with Crippen LogP contribution in [0.1, 0.15) is 58.8 Å². The lowest BCUT2D eigenvalue weighted by Gasteiger charge is -2.49. The zero-order chi connectivity index (χ0) is 12.5. The maximum atomic E-state index is 11.8. The summed E-state index contributed by atoms with van der Waals surface area (Å²) in [5.41, 5.74) is -0.393. The van der Waals surface area contributed by atoms with Gasteiger partial charge in [-0.2, -0.15) is 0 Å². The Balaban J connectivity index is 2.22. The molecule has 2 aliphatic rings. The first kappa shape index (κ1) is 12.9. The van der Waals surface area contributed by atoms with Crippen molar-refractivity contribution in [2.45, 2.75) is 64.3 Å². The summed E-state index contributed by atoms with van der Waals surface area (Å²) in [6.45, 7) is 6.38. The molecule has 98 valence electrons. The molecule has 2 fully saturated rings. The summed E-state index contributed by atoms with van der Waals surface area (Å²) in [5, 5.41) is 9.73. The van der Waals surface area contributed by atoms with E-state index in [0.29, 0.717) is 0 Å². The van der Waals surface area contributed by atoms with Gasteiger partial charge in [0.25, 0.3) is 0 Å². The quantitative estimate of drug-likeness (QED) is 0.805. The lowest BCUT2D eigenvalue weighted by atomic mass is 9.67. The van der Waals surface area contributed by atoms with E-state index in [4.69, 9.17) is 0 Å². The zero-order valence-corrected chi connectivity index (χ0v) is 11.2. The van der Waals surface area contributed by atoms with Gasteiger partial charge in [-0.25, -0.2) is 0 Å². The molecule has 1 heterocycles. The standard InChI is InChI=1S/C14H25NO2/c1-13(2)7-6-8-14(11-13,12(16)17)15-9-4-3-5-10-15/h3-11H2,1-2H3,(H,16,17). The molecule has 3 heteroatoms. The molecule has 1 aliphatic carbocycles. The molecule has 0 spiro atoms. The highest BCUT2D eigenvalue weighted by Gasteiger charge is 2.49. The van der Waals surface area contributed by atoms with Gasteiger partial charge in [-0.15, -0.1) is 0 Å². The third-order valence-corrected chi connectivity index (χ3v) is 4.57. The third-order valence-electron chi connectivity index (χ3n) is 4.57. The van der Waals surface area contributed by atoms with Crippen molar-refractivity contribution in [3.05, 3.63) is 0 Å². The maximum absolute atomic E-state index is 11.8. The molecule has 0 aromatic rings. The van der Waals surface area contributed by atoms with E-state index in [1.165, 1.54) is 6.42 Å². The summed E-state index contributed by atoms with van der Waals surface area (Å²) in [6, 6.07) is 0. The van der Waals surface area contributed by atoms with Gasteiger partial charge in [-0.05, 0) is 50.6 Å². The van der Waals surface area contributed by atoms with Crippen LogP contribution in [0.15, 0.2) is 0 Å². The minimum absolute atomic E-state index is 0.175. The van der Waals surface area contributed by atoms with Gasteiger partial charge in [0.15, 0.2) is 0 Å². The second kappa shape index (κ2) is 4.60. The third kappa shape index (κ3) is 2.49. The van der Waals surface area contributed by atoms with Crippen molar-refractivity contribution in [2.75, 3.05) is 13.1 Å². The molecular formula is C14H25NO2. The summed E-state index contributed by atoms with van der Waals surface area (Å²) >= 11 is 0. The molecule has 0 amide bonds. The monoisotopic (exact) mass is 239 g/mol. The summed E-state index contributed by atoms with van der Waals surface area (Å²) in [5.74, 6) is -0.591. The molecule has 0 aromatic heterocycles. The Bertz CT molecular complexity index is 295. The van der Waals surface area contributed by atoms with Gasteiger partial charge in [0.2, 0.25) is 0 Å². The Hall–Kier alpha value is -0.570. The Kier molecular flexibility index (Phi) is 3.48. The van der Waals surface area contributed by atoms with Gasteiger partial charge in [0.1, 0.15) is 5.54 Å². The Morgan fingerprint density at radius 2 is 1.71 bits per heavy atom. The predicted octanol–water partition coefficient (Wildman–Crippen LogP) is 2.90. The van der Waals surface area contributed by atoms with E-state index < -0.39 is 11.5 Å². The molecule has 1 unspecified atom stereocenters. The summed E-state index contributed by atoms with van der Waals surface area (Å²) in [6.07, 6.45) is 7.45. The highest BCUT2D eigenvalue weighted by atomic mass is 16.4. The lowest BCUT2D eigenvalue weighted by molar-refractivity contribution is -0.158. The summed E-state index contributed by atoms with van der Waals surface area (Å²) in [4.78, 5) is 14.1. The summed E-state index contributed by atoms with van der Waals surface area (Å²) < 4.78 is 0. The molecule has 1 saturated heterocycles. The van der Waals surface area contributed by atoms with Crippen molar-refractivity contribution in [1.82, 2.24) is 4.90 Å². The number of likely N-dealkylation sites (tertiary alicyclic amines) is 1. The van der Waals surface area contributed by atoms with Gasteiger partial charge in [0.05, 0.1) is 0 Å². The summed E-state index contributed by atoms with van der Waals surface area (Å²) in [7, 11) is 0. The van der Waals surface area contributed by atoms with Crippen LogP contribution < -0.4 is 0 Å². The van der Waals surface area contributed by atoms with E-state index in [1.807, 2.05) is 0 Å². The number of aliphatic carboxylic acids is 1. The average molecular weight is 239 g/mol. The molecule has 0 radical (unpaired) electrons. The number of piperidine rings is 1. The molecule has 1 saturated carbocycles. The van der Waals surface area contributed by atoms with E-state index in [0.717, 1.165) is 51.6 Å². The lowest BCUT2D eigenvalue weighted by Crippen LogP contribution is -2.59. The number of hydrogen-bond donors (Lipinski definition) is 1. The van der Waals surface area contributed by atoms with Crippen LogP contribution in [0.2, 0.25) is 0 Å². The van der Waals surface area contributed by atoms with Crippen molar-refractivity contribution in [1.29, 1.82) is 0 Å². The zero-order valence-electron chi connectivity index (χ0n) is 11.2. The molecule has 1 aliphatic heterocycles. The maximum Gasteiger partial charge on any atom is 0.324 e. The fourth-order valence-corrected chi connectivity index (χ4v) is 3.74. The number of nitrogens with zero attached hydrogens (tertiary/aromatic N) is 1. The fraction of sp³-hybridized carbons (Fsp3) is 0.929. The van der Waals surface area contributed by atoms with Gasteiger partial charge >= 0.3 is 5.97 Å². The van der Waals surface area contributed by atoms with Crippen molar-refractivity contribution in [3.63, 3.8) is 0 Å². The number of carboxylic acid groups (broad SMARTS) is 1. The van der Waals surface area contributed by atoms with E-state index in [2.05, 4.69) is 18.7 Å². The van der Waals surface area contributed by atoms with Gasteiger partial charge < -0.3 is 5.11 Å². The van der Waals surface area contributed by atoms with Crippen LogP contribution in [0, 0.1) is 5.41 Å². The first-order valence-corrected chi connectivity index (χ1v) is 6.95. The molecule has 1 atom stereocenters. The van der Waals surface area contributed by atoms with E-state index in [1.54, 1.807) is 0 Å². The first-order chi connectivity index (χ1) is 7.96. The second-order valence-corrected chi connectivity index (χ2v) is 6.58. The minimum Gasteiger partial charge on any atom is -0.480 e. The smallest absolute Gasteiger partial charge is 0.324 e. The fourth-order valence-electron chi connectivity index (χ4n) is 3.74. The number of rotatable bonds is 2. The molecule has 2 rings (SSSR count). The highest BCUT2D eigenvalue weighted by molar-refractivity contribution is 5.79. The van der Waals surface area contributed by atoms with Crippen LogP contribution in [0.3, 0.4) is 0 Å². The molecular weight excluding hydrogens is 214 g/mol. The van der Waals surface area contributed by atoms with Crippen LogP contribution in [0.25, 0.3) is 0 Å². The van der Waals surface area contributed by atoms with Crippen LogP contribution in [-0.2, 0) is 4.79 Å². The van der Waals surface area contributed by atoms with E-state index in [-0.39, 0.29) is 5.41 Å². The van der Waals surface area contributed by atoms with Gasteiger partial charge in [-0.3, -0.25) is 9.69 Å². The molecule has 17 heavy (non-hydrogen) atoms. The highest BCUT2D eigenvalue weighted by Crippen LogP contribution is 2.44. The van der Waals surface area contributed by atoms with Gasteiger partial charge in [0, 0.05) is 0 Å². The largest absolute Gasteiger partial charge is 0.480 e. The Morgan fingerprint density at radius 3 is 2.24 bits per heavy atom. The normalized spacial score (nSPS) is 34.5. The molecule has 0 aromatic carbocycles. The van der Waals surface area contributed by atoms with E-state index >= 15 is 0 Å². The number of hydrogen-bond acceptors (Lipinski definition) is 2. The average Bonchev–Trinajstić information content (AvgIpc) is 2.28. The van der Waals surface area contributed by atoms with Crippen LogP contribution in [0.4, 0.5) is 0 Å². The van der Waals surface area contributed by atoms with Crippen molar-refractivity contribution in [2.24, 2.45) is 5.41 Å². The first-order valence-electron chi connectivity index (χ1n) is 6.95. The Morgan fingerprint density at radius 1 is 1.06 bits per heavy atom. The predicted molar refractivity (Wildman–Crippen MR) is 68.0 cm³/mol. The van der Waals surface area contributed by atoms with Crippen LogP contribution in [0.5, 0.6) is 0 Å². The van der Waals surface area contributed by atoms with Crippen molar-refractivity contribution >= 4 is 5.97 Å². The number of carboxylic acids is 1. The second-order valence-electron chi connectivity index (χ2n) is 6.58. The SMILES string of the molecule is CC1(C)CCCC(C(=O)O)(N2CCCCC2)C1. The molecule has 0 bridgehead atoms. The van der Waals surface area contributed by atoms with Crippen LogP contribution in [-0.4, -0.2) is 34.6 Å². The Labute approximate surface area is 104 Å². The number of carbonyl (C=O) groups is 1. The molecule has 1 N–H and O–H groups in total.